The van der Waals surface area contributed by atoms with E-state index in [0.29, 0.717) is 54.9 Å². The minimum absolute atomic E-state index is 0. The number of hydrogen-bond acceptors (Lipinski definition) is 7. The van der Waals surface area contributed by atoms with Crippen LogP contribution in [0.2, 0.25) is 0 Å². The lowest BCUT2D eigenvalue weighted by molar-refractivity contribution is -0.274. The summed E-state index contributed by atoms with van der Waals surface area (Å²) in [7, 11) is 0. The number of ether oxygens (including phenoxy) is 1. The minimum Gasteiger partial charge on any atom is -0.480 e. The number of nitrogens with one attached hydrogen (secondary N) is 1. The zero-order chi connectivity index (χ0) is 33.1. The van der Waals surface area contributed by atoms with Crippen molar-refractivity contribution in [3.05, 3.63) is 71.9 Å². The van der Waals surface area contributed by atoms with Gasteiger partial charge in [-0.3, -0.25) is 19.4 Å². The average molecular weight is 761 g/mol. The highest BCUT2D eigenvalue weighted by molar-refractivity contribution is 6.04. The SMILES string of the molecule is Cl.Cl.Cl.O=C(O)CN1CCN(c2ccc(C(=O)Nc3cc(CN4CCC[C@H]4C(F)(F)F)c(-c4ccc(OC(F)(F)F)cc4)cn3)cc2)CC1. The van der Waals surface area contributed by atoms with E-state index in [1.165, 1.54) is 29.3 Å². The van der Waals surface area contributed by atoms with Crippen LogP contribution in [-0.4, -0.2) is 89.6 Å². The first-order valence-electron chi connectivity index (χ1n) is 14.5. The lowest BCUT2D eigenvalue weighted by atomic mass is 10.0. The molecule has 2 fully saturated rings. The van der Waals surface area contributed by atoms with Crippen LogP contribution < -0.4 is 15.0 Å². The number of rotatable bonds is 9. The average Bonchev–Trinajstić information content (AvgIpc) is 3.46. The second-order valence-corrected chi connectivity index (χ2v) is 11.1. The maximum Gasteiger partial charge on any atom is 0.573 e. The Bertz CT molecular complexity index is 1540. The standard InChI is InChI=1S/C31H31F6N5O4.3ClH/c32-30(33,34)26-2-1-11-42(26)18-22-16-27(38-17-25(22)20-5-9-24(10-6-20)46-31(35,36)37)39-29(45)21-3-7-23(8-4-21)41-14-12-40(13-15-41)19-28(43)44;;;/h3-10,16-17,26H,1-2,11-15,18-19H2,(H,43,44)(H,38,39,45);3*1H/t26-;;;/m0.../s1. The van der Waals surface area contributed by atoms with Crippen molar-refractivity contribution in [3.63, 3.8) is 0 Å². The number of benzene rings is 2. The van der Waals surface area contributed by atoms with Crippen molar-refractivity contribution in [3.8, 4) is 16.9 Å². The summed E-state index contributed by atoms with van der Waals surface area (Å²) in [4.78, 5) is 33.6. The number of likely N-dealkylation sites (tertiary alicyclic amines) is 1. The van der Waals surface area contributed by atoms with Gasteiger partial charge in [0.15, 0.2) is 0 Å². The van der Waals surface area contributed by atoms with Gasteiger partial charge >= 0.3 is 18.5 Å². The second kappa shape index (κ2) is 17.4. The molecule has 2 aliphatic heterocycles. The van der Waals surface area contributed by atoms with Crippen LogP contribution in [0, 0.1) is 0 Å². The smallest absolute Gasteiger partial charge is 0.480 e. The molecule has 2 N–H and O–H groups in total. The summed E-state index contributed by atoms with van der Waals surface area (Å²) in [6, 6.07) is 11.6. The Hall–Kier alpha value is -3.50. The third kappa shape index (κ3) is 11.3. The highest BCUT2D eigenvalue weighted by atomic mass is 35.5. The predicted octanol–water partition coefficient (Wildman–Crippen LogP) is 6.90. The summed E-state index contributed by atoms with van der Waals surface area (Å²) < 4.78 is 83.0. The summed E-state index contributed by atoms with van der Waals surface area (Å²) in [5.74, 6) is -1.72. The van der Waals surface area contributed by atoms with Crippen LogP contribution in [-0.2, 0) is 11.3 Å². The van der Waals surface area contributed by atoms with Crippen molar-refractivity contribution in [1.82, 2.24) is 14.8 Å². The van der Waals surface area contributed by atoms with Crippen LogP contribution in [0.5, 0.6) is 5.75 Å². The molecule has 0 unspecified atom stereocenters. The van der Waals surface area contributed by atoms with Crippen molar-refractivity contribution in [1.29, 1.82) is 0 Å². The number of carboxylic acids is 1. The van der Waals surface area contributed by atoms with Gasteiger partial charge in [-0.05, 0) is 73.0 Å². The number of anilines is 2. The van der Waals surface area contributed by atoms with E-state index in [0.717, 1.165) is 17.8 Å². The molecule has 9 nitrogen and oxygen atoms in total. The summed E-state index contributed by atoms with van der Waals surface area (Å²) in [6.07, 6.45) is -7.64. The fourth-order valence-electron chi connectivity index (χ4n) is 5.76. The molecule has 2 aromatic carbocycles. The Morgan fingerprint density at radius 2 is 1.53 bits per heavy atom. The van der Waals surface area contributed by atoms with Gasteiger partial charge in [-0.1, -0.05) is 12.1 Å². The second-order valence-electron chi connectivity index (χ2n) is 11.1. The monoisotopic (exact) mass is 759 g/mol. The van der Waals surface area contributed by atoms with Gasteiger partial charge in [0, 0.05) is 55.7 Å². The quantitative estimate of drug-likeness (QED) is 0.228. The van der Waals surface area contributed by atoms with Gasteiger partial charge in [-0.2, -0.15) is 13.2 Å². The number of hydrogen-bond donors (Lipinski definition) is 2. The Morgan fingerprint density at radius 1 is 0.898 bits per heavy atom. The number of carboxylic acid groups (broad SMARTS) is 1. The van der Waals surface area contributed by atoms with Crippen molar-refractivity contribution in [2.24, 2.45) is 0 Å². The first-order chi connectivity index (χ1) is 21.7. The zero-order valence-electron chi connectivity index (χ0n) is 25.7. The van der Waals surface area contributed by atoms with E-state index in [9.17, 15) is 35.9 Å². The van der Waals surface area contributed by atoms with Crippen LogP contribution in [0.3, 0.4) is 0 Å². The number of carbonyl (C=O) groups excluding carboxylic acids is 1. The summed E-state index contributed by atoms with van der Waals surface area (Å²) in [5, 5.41) is 11.7. The predicted molar refractivity (Wildman–Crippen MR) is 178 cm³/mol. The van der Waals surface area contributed by atoms with Crippen molar-refractivity contribution >= 4 is 60.6 Å². The molecular weight excluding hydrogens is 727 g/mol. The van der Waals surface area contributed by atoms with Crippen LogP contribution in [0.1, 0.15) is 28.8 Å². The van der Waals surface area contributed by atoms with E-state index in [4.69, 9.17) is 5.11 Å². The minimum atomic E-state index is -4.88. The fraction of sp³-hybridized carbons (Fsp3) is 0.387. The Kier molecular flexibility index (Phi) is 14.8. The largest absolute Gasteiger partial charge is 0.573 e. The number of nitrogens with zero attached hydrogens (tertiary/aromatic N) is 4. The van der Waals surface area contributed by atoms with E-state index in [1.807, 2.05) is 4.90 Å². The molecule has 18 heteroatoms. The number of piperazine rings is 1. The van der Waals surface area contributed by atoms with Gasteiger partial charge < -0.3 is 20.1 Å². The van der Waals surface area contributed by atoms with Gasteiger partial charge in [0.25, 0.3) is 5.91 Å². The van der Waals surface area contributed by atoms with E-state index in [2.05, 4.69) is 19.9 Å². The fourth-order valence-corrected chi connectivity index (χ4v) is 5.76. The molecule has 49 heavy (non-hydrogen) atoms. The number of pyridine rings is 1. The first kappa shape index (κ1) is 41.7. The van der Waals surface area contributed by atoms with Crippen molar-refractivity contribution < 1.29 is 45.8 Å². The number of aromatic nitrogens is 1. The van der Waals surface area contributed by atoms with Crippen LogP contribution in [0.15, 0.2) is 60.8 Å². The summed E-state index contributed by atoms with van der Waals surface area (Å²) in [5.41, 5.74) is 2.41. The van der Waals surface area contributed by atoms with Crippen molar-refractivity contribution in [2.75, 3.05) is 49.5 Å². The van der Waals surface area contributed by atoms with E-state index in [1.54, 1.807) is 24.3 Å². The van der Waals surface area contributed by atoms with E-state index < -0.39 is 36.2 Å². The molecule has 2 aliphatic rings. The molecule has 3 aromatic rings. The van der Waals surface area contributed by atoms with Crippen LogP contribution in [0.4, 0.5) is 37.8 Å². The third-order valence-corrected chi connectivity index (χ3v) is 7.97. The van der Waals surface area contributed by atoms with Crippen LogP contribution in [0.25, 0.3) is 11.1 Å². The topological polar surface area (TPSA) is 98.2 Å². The number of aliphatic carboxylic acids is 1. The molecule has 0 bridgehead atoms. The molecule has 5 rings (SSSR count). The normalized spacial score (nSPS) is 16.9. The lowest BCUT2D eigenvalue weighted by Crippen LogP contribution is -2.47. The Balaban J connectivity index is 0.00000278. The molecule has 270 valence electrons. The molecule has 0 radical (unpaired) electrons. The van der Waals surface area contributed by atoms with Gasteiger partial charge in [-0.25, -0.2) is 4.98 Å². The van der Waals surface area contributed by atoms with E-state index >= 15 is 0 Å². The zero-order valence-corrected chi connectivity index (χ0v) is 28.1. The van der Waals surface area contributed by atoms with Crippen LogP contribution >= 0.6 is 37.2 Å². The molecule has 3 heterocycles. The first-order valence-corrected chi connectivity index (χ1v) is 14.5. The molecule has 1 atom stereocenters. The highest BCUT2D eigenvalue weighted by Gasteiger charge is 2.45. The maximum absolute atomic E-state index is 13.7. The molecular formula is C31H34Cl3F6N5O4. The molecule has 2 saturated heterocycles. The number of carbonyl (C=O) groups is 2. The molecule has 1 aromatic heterocycles. The Labute approximate surface area is 296 Å². The maximum atomic E-state index is 13.7. The summed E-state index contributed by atoms with van der Waals surface area (Å²) in [6.45, 7) is 2.49. The molecule has 0 spiro atoms. The van der Waals surface area contributed by atoms with E-state index in [-0.39, 0.29) is 69.1 Å². The number of alkyl halides is 6. The number of amides is 1. The van der Waals surface area contributed by atoms with Gasteiger partial charge in [0.2, 0.25) is 0 Å². The molecule has 0 saturated carbocycles. The lowest BCUT2D eigenvalue weighted by Gasteiger charge is -2.35. The van der Waals surface area contributed by atoms with Gasteiger partial charge in [0.1, 0.15) is 17.6 Å². The van der Waals surface area contributed by atoms with Gasteiger partial charge in [0.05, 0.1) is 6.54 Å². The molecule has 0 aliphatic carbocycles. The number of halogens is 9. The summed E-state index contributed by atoms with van der Waals surface area (Å²) >= 11 is 0. The van der Waals surface area contributed by atoms with Crippen molar-refractivity contribution in [2.45, 2.75) is 38.0 Å². The highest BCUT2D eigenvalue weighted by Crippen LogP contribution is 2.36. The molecule has 1 amide bonds. The Morgan fingerprint density at radius 3 is 2.10 bits per heavy atom. The third-order valence-electron chi connectivity index (χ3n) is 7.97. The van der Waals surface area contributed by atoms with Gasteiger partial charge in [-0.15, -0.1) is 50.4 Å².